The molecule has 0 rings (SSSR count). The first-order chi connectivity index (χ1) is 3.46. The van der Waals surface area contributed by atoms with Crippen LogP contribution in [0.25, 0.3) is 0 Å². The molecule has 12 nitrogen and oxygen atoms in total. The quantitative estimate of drug-likeness (QED) is 0.229. The van der Waals surface area contributed by atoms with Crippen LogP contribution < -0.4 is 0 Å². The second kappa shape index (κ2) is 51.6. The monoisotopic (exact) mass is 244 g/mol. The van der Waals surface area contributed by atoms with Crippen molar-refractivity contribution in [2.75, 3.05) is 0 Å². The summed E-state index contributed by atoms with van der Waals surface area (Å²) in [6.45, 7) is 0. The number of nitrogens with zero attached hydrogens (tertiary/aromatic N) is 2. The molecule has 0 fully saturated rings. The van der Waals surface area contributed by atoms with E-state index in [0.29, 0.717) is 0 Å². The molecule has 0 aliphatic heterocycles. The molecule has 14 heavy (non-hydrogen) atoms. The molecule has 0 saturated carbocycles. The SMILES string of the molecule is O.O.O.O.O=[N+]([O-])[O-].O=[N+]([O-])[O-].[Ca+2].[LiH]. The van der Waals surface area contributed by atoms with Gasteiger partial charge in [0.15, 0.2) is 0 Å². The Morgan fingerprint density at radius 2 is 0.643 bits per heavy atom. The molecule has 0 aliphatic rings. The summed E-state index contributed by atoms with van der Waals surface area (Å²) in [5.74, 6) is 0. The Hall–Kier alpha value is 0.0971. The molecule has 0 aliphatic carbocycles. The average Bonchev–Trinajstić information content (AvgIpc) is 1.25. The van der Waals surface area contributed by atoms with Gasteiger partial charge in [-0.3, -0.25) is 0 Å². The molecule has 14 heteroatoms. The van der Waals surface area contributed by atoms with Crippen LogP contribution in [-0.4, -0.2) is 88.7 Å². The topological polar surface area (TPSA) is 258 Å². The second-order valence-electron chi connectivity index (χ2n) is 0.447. The summed E-state index contributed by atoms with van der Waals surface area (Å²) in [6.07, 6.45) is 0. The van der Waals surface area contributed by atoms with Crippen LogP contribution in [0, 0.1) is 30.6 Å². The zero-order valence-electron chi connectivity index (χ0n) is 6.05. The van der Waals surface area contributed by atoms with Gasteiger partial charge >= 0.3 is 56.6 Å². The molecular formula is H9CaLiN2O10. The molecule has 0 unspecified atom stereocenters. The van der Waals surface area contributed by atoms with Gasteiger partial charge in [0.2, 0.25) is 0 Å². The number of hydrogen-bond acceptors (Lipinski definition) is 6. The maximum absolute atomic E-state index is 8.25. The third kappa shape index (κ3) is 158000. The van der Waals surface area contributed by atoms with Gasteiger partial charge in [-0.15, -0.1) is 0 Å². The fraction of sp³-hybridized carbons (Fsp3) is 0. The summed E-state index contributed by atoms with van der Waals surface area (Å²) < 4.78 is 0. The van der Waals surface area contributed by atoms with E-state index in [2.05, 4.69) is 0 Å². The van der Waals surface area contributed by atoms with Gasteiger partial charge in [0.1, 0.15) is 0 Å². The normalized spacial score (nSPS) is 3.43. The van der Waals surface area contributed by atoms with Crippen LogP contribution in [0.1, 0.15) is 0 Å². The van der Waals surface area contributed by atoms with Crippen molar-refractivity contribution in [2.45, 2.75) is 0 Å². The van der Waals surface area contributed by atoms with Crippen molar-refractivity contribution in [3.05, 3.63) is 30.6 Å². The van der Waals surface area contributed by atoms with E-state index in [0.717, 1.165) is 0 Å². The molecule has 0 atom stereocenters. The third-order valence-electron chi connectivity index (χ3n) is 0. The predicted octanol–water partition coefficient (Wildman–Crippen LogP) is -4.81. The summed E-state index contributed by atoms with van der Waals surface area (Å²) in [7, 11) is 0. The van der Waals surface area contributed by atoms with Gasteiger partial charge in [0, 0.05) is 0 Å². The summed E-state index contributed by atoms with van der Waals surface area (Å²) in [5.41, 5.74) is 0. The molecular weight excluding hydrogens is 235 g/mol. The molecule has 82 valence electrons. The zero-order chi connectivity index (χ0) is 7.15. The molecule has 0 amide bonds. The molecule has 0 aromatic rings. The van der Waals surface area contributed by atoms with Crippen LogP contribution in [-0.2, 0) is 0 Å². The van der Waals surface area contributed by atoms with Crippen LogP contribution in [0.5, 0.6) is 0 Å². The van der Waals surface area contributed by atoms with Crippen molar-refractivity contribution in [1.29, 1.82) is 0 Å². The average molecular weight is 244 g/mol. The molecule has 0 bridgehead atoms. The van der Waals surface area contributed by atoms with E-state index in [-0.39, 0.29) is 78.5 Å². The molecule has 0 aromatic carbocycles. The summed E-state index contributed by atoms with van der Waals surface area (Å²) >= 11 is 0. The van der Waals surface area contributed by atoms with Crippen LogP contribution in [0.4, 0.5) is 0 Å². The van der Waals surface area contributed by atoms with Gasteiger partial charge in [-0.25, -0.2) is 0 Å². The van der Waals surface area contributed by atoms with Gasteiger partial charge in [-0.1, -0.05) is 0 Å². The van der Waals surface area contributed by atoms with Gasteiger partial charge in [0.25, 0.3) is 0 Å². The van der Waals surface area contributed by atoms with E-state index in [1.165, 1.54) is 0 Å². The Morgan fingerprint density at radius 1 is 0.643 bits per heavy atom. The van der Waals surface area contributed by atoms with E-state index >= 15 is 0 Å². The Balaban J connectivity index is -0.00000000600. The number of hydrogen-bond donors (Lipinski definition) is 0. The van der Waals surface area contributed by atoms with Crippen molar-refractivity contribution < 1.29 is 32.1 Å². The van der Waals surface area contributed by atoms with E-state index in [1.807, 2.05) is 0 Å². The van der Waals surface area contributed by atoms with E-state index < -0.39 is 10.2 Å². The molecule has 0 saturated heterocycles. The molecule has 0 spiro atoms. The first-order valence-corrected chi connectivity index (χ1v) is 1.10. The van der Waals surface area contributed by atoms with Crippen LogP contribution in [0.3, 0.4) is 0 Å². The van der Waals surface area contributed by atoms with E-state index in [9.17, 15) is 0 Å². The Bertz CT molecular complexity index is 76.1. The fourth-order valence-electron chi connectivity index (χ4n) is 0. The van der Waals surface area contributed by atoms with Gasteiger partial charge in [0.05, 0.1) is 10.2 Å². The summed E-state index contributed by atoms with van der Waals surface area (Å²) in [4.78, 5) is 16.5. The summed E-state index contributed by atoms with van der Waals surface area (Å²) in [5, 5.41) is 29.5. The van der Waals surface area contributed by atoms with Crippen molar-refractivity contribution in [3.8, 4) is 0 Å². The van der Waals surface area contributed by atoms with Crippen LogP contribution >= 0.6 is 0 Å². The van der Waals surface area contributed by atoms with Crippen molar-refractivity contribution in [1.82, 2.24) is 0 Å². The van der Waals surface area contributed by atoms with Crippen molar-refractivity contribution in [3.63, 3.8) is 0 Å². The minimum absolute atomic E-state index is 0. The van der Waals surface area contributed by atoms with E-state index in [4.69, 9.17) is 30.6 Å². The molecule has 0 heterocycles. The second-order valence-corrected chi connectivity index (χ2v) is 0.447. The van der Waals surface area contributed by atoms with Crippen LogP contribution in [0.2, 0.25) is 0 Å². The number of rotatable bonds is 0. The first kappa shape index (κ1) is 65.0. The molecule has 0 radical (unpaired) electrons. The predicted molar refractivity (Wildman–Crippen MR) is 48.1 cm³/mol. The van der Waals surface area contributed by atoms with Crippen LogP contribution in [0.15, 0.2) is 0 Å². The van der Waals surface area contributed by atoms with Crippen molar-refractivity contribution in [2.24, 2.45) is 0 Å². The van der Waals surface area contributed by atoms with Gasteiger partial charge in [-0.2, -0.15) is 0 Å². The van der Waals surface area contributed by atoms with Crippen molar-refractivity contribution >= 4 is 56.6 Å². The fourth-order valence-corrected chi connectivity index (χ4v) is 0. The van der Waals surface area contributed by atoms with E-state index in [1.54, 1.807) is 0 Å². The Morgan fingerprint density at radius 3 is 0.643 bits per heavy atom. The molecule has 0 aromatic heterocycles. The van der Waals surface area contributed by atoms with Gasteiger partial charge < -0.3 is 52.5 Å². The Labute approximate surface area is 119 Å². The minimum atomic E-state index is -1.75. The first-order valence-electron chi connectivity index (χ1n) is 1.10. The zero-order valence-corrected chi connectivity index (χ0v) is 8.26. The molecule has 8 N–H and O–H groups in total. The standard InChI is InChI=1S/Ca.Li.2NO3.4H2O.H/c;;2*2-1(3)4;;;;;/h;;;;4*1H2;/q+2;;2*-1;;;;;. The van der Waals surface area contributed by atoms with Gasteiger partial charge in [-0.05, 0) is 0 Å². The summed E-state index contributed by atoms with van der Waals surface area (Å²) in [6, 6.07) is 0. The maximum atomic E-state index is 8.25. The Kier molecular flexibility index (Phi) is 240. The third-order valence-corrected chi connectivity index (χ3v) is 0.